The lowest BCUT2D eigenvalue weighted by Gasteiger charge is -2.22. The largest absolute Gasteiger partial charge is 0.399 e. The second-order valence-corrected chi connectivity index (χ2v) is 6.16. The number of carbonyl (C=O) groups excluding carboxylic acids is 1. The highest BCUT2D eigenvalue weighted by Gasteiger charge is 2.29. The molecule has 1 unspecified atom stereocenters. The van der Waals surface area contributed by atoms with E-state index in [1.54, 1.807) is 6.07 Å². The summed E-state index contributed by atoms with van der Waals surface area (Å²) in [6, 6.07) is 4.93. The van der Waals surface area contributed by atoms with Crippen LogP contribution >= 0.6 is 0 Å². The molecule has 1 amide bonds. The molecule has 106 valence electrons. The van der Waals surface area contributed by atoms with Crippen LogP contribution in [0.2, 0.25) is 0 Å². The van der Waals surface area contributed by atoms with Crippen molar-refractivity contribution in [2.45, 2.75) is 23.8 Å². The van der Waals surface area contributed by atoms with Crippen LogP contribution in [0.3, 0.4) is 0 Å². The molecule has 1 aromatic carbocycles. The summed E-state index contributed by atoms with van der Waals surface area (Å²) in [5.41, 5.74) is 5.78. The lowest BCUT2D eigenvalue weighted by molar-refractivity contribution is -0.124. The Morgan fingerprint density at radius 2 is 2.20 bits per heavy atom. The zero-order valence-electron chi connectivity index (χ0n) is 10.6. The van der Waals surface area contributed by atoms with E-state index < -0.39 is 16.1 Å². The second-order valence-electron chi connectivity index (χ2n) is 4.47. The summed E-state index contributed by atoms with van der Waals surface area (Å²) in [6.07, 6.45) is 1.13. The Balaban J connectivity index is 2.31. The molecule has 1 fully saturated rings. The third-order valence-electron chi connectivity index (χ3n) is 3.00. The van der Waals surface area contributed by atoms with E-state index in [0.29, 0.717) is 25.1 Å². The van der Waals surface area contributed by atoms with Gasteiger partial charge in [0.25, 0.3) is 0 Å². The fourth-order valence-electron chi connectivity index (χ4n) is 2.00. The minimum absolute atomic E-state index is 0.0475. The second kappa shape index (κ2) is 5.48. The third kappa shape index (κ3) is 2.89. The fraction of sp³-hybridized carbons (Fsp3) is 0.333. The Bertz CT molecular complexity index is 678. The molecule has 4 N–H and O–H groups in total. The number of sulfonamides is 1. The Morgan fingerprint density at radius 3 is 2.85 bits per heavy atom. The van der Waals surface area contributed by atoms with Crippen LogP contribution in [0.15, 0.2) is 23.1 Å². The Labute approximate surface area is 116 Å². The molecular formula is C12H14N4O3S. The first-order valence-corrected chi connectivity index (χ1v) is 7.52. The summed E-state index contributed by atoms with van der Waals surface area (Å²) >= 11 is 0. The van der Waals surface area contributed by atoms with Crippen molar-refractivity contribution in [2.24, 2.45) is 0 Å². The molecule has 0 aromatic heterocycles. The van der Waals surface area contributed by atoms with E-state index in [0.717, 1.165) is 0 Å². The topological polar surface area (TPSA) is 125 Å². The van der Waals surface area contributed by atoms with Crippen LogP contribution < -0.4 is 15.8 Å². The van der Waals surface area contributed by atoms with Gasteiger partial charge in [-0.25, -0.2) is 8.42 Å². The number of nitrogens with one attached hydrogen (secondary N) is 2. The van der Waals surface area contributed by atoms with Crippen molar-refractivity contribution in [3.63, 3.8) is 0 Å². The highest BCUT2D eigenvalue weighted by atomic mass is 32.2. The molecule has 0 spiro atoms. The number of amides is 1. The summed E-state index contributed by atoms with van der Waals surface area (Å²) in [5.74, 6) is -0.353. The summed E-state index contributed by atoms with van der Waals surface area (Å²) in [6.45, 7) is 0.544. The predicted molar refractivity (Wildman–Crippen MR) is 71.9 cm³/mol. The van der Waals surface area contributed by atoms with E-state index in [4.69, 9.17) is 11.0 Å². The molecule has 20 heavy (non-hydrogen) atoms. The van der Waals surface area contributed by atoms with Gasteiger partial charge < -0.3 is 11.1 Å². The van der Waals surface area contributed by atoms with E-state index in [2.05, 4.69) is 10.0 Å². The molecule has 1 atom stereocenters. The molecular weight excluding hydrogens is 280 g/mol. The first-order chi connectivity index (χ1) is 9.44. The molecule has 1 heterocycles. The molecule has 7 nitrogen and oxygen atoms in total. The highest BCUT2D eigenvalue weighted by Crippen LogP contribution is 2.19. The molecule has 1 aliphatic rings. The minimum atomic E-state index is -3.94. The molecule has 1 aliphatic heterocycles. The summed E-state index contributed by atoms with van der Waals surface area (Å²) < 4.78 is 26.8. The number of anilines is 1. The van der Waals surface area contributed by atoms with Gasteiger partial charge in [0.15, 0.2) is 0 Å². The number of benzene rings is 1. The molecule has 0 bridgehead atoms. The molecule has 1 aromatic rings. The normalized spacial score (nSPS) is 19.1. The number of hydrogen-bond donors (Lipinski definition) is 3. The van der Waals surface area contributed by atoms with Crippen LogP contribution in [0, 0.1) is 11.3 Å². The Kier molecular flexibility index (Phi) is 3.92. The SMILES string of the molecule is N#Cc1cc(N)ccc1S(=O)(=O)NC1CCCNC1=O. The number of carbonyl (C=O) groups is 1. The summed E-state index contributed by atoms with van der Waals surface area (Å²) in [7, 11) is -3.94. The maximum absolute atomic E-state index is 12.3. The molecule has 0 aliphatic carbocycles. The molecule has 2 rings (SSSR count). The Morgan fingerprint density at radius 1 is 1.45 bits per heavy atom. The standard InChI is InChI=1S/C12H14N4O3S/c13-7-8-6-9(14)3-4-11(8)20(18,19)16-10-2-1-5-15-12(10)17/h3-4,6,10,16H,1-2,5,14H2,(H,15,17). The lowest BCUT2D eigenvalue weighted by atomic mass is 10.1. The summed E-state index contributed by atoms with van der Waals surface area (Å²) in [4.78, 5) is 11.4. The van der Waals surface area contributed by atoms with Crippen molar-refractivity contribution >= 4 is 21.6 Å². The van der Waals surface area contributed by atoms with Gasteiger partial charge in [-0.3, -0.25) is 4.79 Å². The van der Waals surface area contributed by atoms with Gasteiger partial charge in [-0.1, -0.05) is 0 Å². The van der Waals surface area contributed by atoms with Crippen LogP contribution in [0.1, 0.15) is 18.4 Å². The first-order valence-electron chi connectivity index (χ1n) is 6.04. The van der Waals surface area contributed by atoms with Gasteiger partial charge in [0.1, 0.15) is 12.1 Å². The fourth-order valence-corrected chi connectivity index (χ4v) is 3.37. The number of nitrogens with zero attached hydrogens (tertiary/aromatic N) is 1. The van der Waals surface area contributed by atoms with Crippen LogP contribution in [-0.2, 0) is 14.8 Å². The van der Waals surface area contributed by atoms with E-state index in [-0.39, 0.29) is 16.4 Å². The maximum atomic E-state index is 12.3. The molecule has 1 saturated heterocycles. The van der Waals surface area contributed by atoms with Crippen LogP contribution in [0.4, 0.5) is 5.69 Å². The average Bonchev–Trinajstić information content (AvgIpc) is 2.40. The van der Waals surface area contributed by atoms with Crippen molar-refractivity contribution in [3.05, 3.63) is 23.8 Å². The number of nitrogen functional groups attached to an aromatic ring is 1. The molecule has 8 heteroatoms. The highest BCUT2D eigenvalue weighted by molar-refractivity contribution is 7.89. The van der Waals surface area contributed by atoms with E-state index in [1.165, 1.54) is 18.2 Å². The quantitative estimate of drug-likeness (QED) is 0.660. The maximum Gasteiger partial charge on any atom is 0.242 e. The van der Waals surface area contributed by atoms with Gasteiger partial charge in [-0.2, -0.15) is 9.98 Å². The van der Waals surface area contributed by atoms with Gasteiger partial charge >= 0.3 is 0 Å². The van der Waals surface area contributed by atoms with Crippen molar-refractivity contribution in [1.29, 1.82) is 5.26 Å². The average molecular weight is 294 g/mol. The van der Waals surface area contributed by atoms with Crippen LogP contribution in [0.25, 0.3) is 0 Å². The number of hydrogen-bond acceptors (Lipinski definition) is 5. The van der Waals surface area contributed by atoms with Gasteiger partial charge in [0.05, 0.1) is 10.5 Å². The minimum Gasteiger partial charge on any atom is -0.399 e. The van der Waals surface area contributed by atoms with E-state index in [1.807, 2.05) is 0 Å². The number of nitrogens with two attached hydrogens (primary N) is 1. The van der Waals surface area contributed by atoms with Gasteiger partial charge in [-0.05, 0) is 31.0 Å². The molecule has 0 saturated carbocycles. The first kappa shape index (κ1) is 14.3. The zero-order chi connectivity index (χ0) is 14.8. The van der Waals surface area contributed by atoms with E-state index >= 15 is 0 Å². The van der Waals surface area contributed by atoms with Crippen molar-refractivity contribution < 1.29 is 13.2 Å². The van der Waals surface area contributed by atoms with Crippen LogP contribution in [-0.4, -0.2) is 26.9 Å². The van der Waals surface area contributed by atoms with Crippen LogP contribution in [0.5, 0.6) is 0 Å². The van der Waals surface area contributed by atoms with Crippen molar-refractivity contribution in [1.82, 2.24) is 10.0 Å². The number of piperidine rings is 1. The lowest BCUT2D eigenvalue weighted by Crippen LogP contribution is -2.50. The van der Waals surface area contributed by atoms with Crippen molar-refractivity contribution in [3.8, 4) is 6.07 Å². The molecule has 0 radical (unpaired) electrons. The number of rotatable bonds is 3. The van der Waals surface area contributed by atoms with Crippen molar-refractivity contribution in [2.75, 3.05) is 12.3 Å². The monoisotopic (exact) mass is 294 g/mol. The number of nitriles is 1. The third-order valence-corrected chi connectivity index (χ3v) is 4.53. The van der Waals surface area contributed by atoms with Gasteiger partial charge in [-0.15, -0.1) is 0 Å². The van der Waals surface area contributed by atoms with E-state index in [9.17, 15) is 13.2 Å². The zero-order valence-corrected chi connectivity index (χ0v) is 11.4. The summed E-state index contributed by atoms with van der Waals surface area (Å²) in [5, 5.41) is 11.6. The smallest absolute Gasteiger partial charge is 0.242 e. The predicted octanol–water partition coefficient (Wildman–Crippen LogP) is -0.303. The van der Waals surface area contributed by atoms with Gasteiger partial charge in [0, 0.05) is 12.2 Å². The Hall–Kier alpha value is -2.11. The van der Waals surface area contributed by atoms with Gasteiger partial charge in [0.2, 0.25) is 15.9 Å².